The van der Waals surface area contributed by atoms with E-state index in [0.717, 1.165) is 17.9 Å². The van der Waals surface area contributed by atoms with E-state index in [-0.39, 0.29) is 17.6 Å². The molecule has 0 saturated heterocycles. The second kappa shape index (κ2) is 7.36. The van der Waals surface area contributed by atoms with Crippen LogP contribution in [-0.2, 0) is 5.41 Å². The van der Waals surface area contributed by atoms with Gasteiger partial charge >= 0.3 is 6.03 Å². The van der Waals surface area contributed by atoms with Crippen LogP contribution in [0.4, 0.5) is 10.5 Å². The molecule has 5 heteroatoms. The number of urea groups is 1. The van der Waals surface area contributed by atoms with E-state index >= 15 is 0 Å². The summed E-state index contributed by atoms with van der Waals surface area (Å²) in [5.74, 6) is 0.673. The van der Waals surface area contributed by atoms with E-state index in [0.29, 0.717) is 18.0 Å². The Hall–Kier alpha value is -2.20. The Balaban J connectivity index is 1.60. The Bertz CT molecular complexity index is 740. The van der Waals surface area contributed by atoms with Gasteiger partial charge < -0.3 is 15.4 Å². The van der Waals surface area contributed by atoms with Gasteiger partial charge in [0.25, 0.3) is 0 Å². The molecule has 2 aromatic carbocycles. The summed E-state index contributed by atoms with van der Waals surface area (Å²) in [6.45, 7) is 4.52. The Kier molecular flexibility index (Phi) is 5.19. The van der Waals surface area contributed by atoms with Crippen molar-refractivity contribution in [3.05, 3.63) is 59.1 Å². The lowest BCUT2D eigenvalue weighted by atomic mass is 9.96. The molecule has 1 aliphatic carbocycles. The van der Waals surface area contributed by atoms with Gasteiger partial charge in [-0.1, -0.05) is 35.9 Å². The third-order valence-corrected chi connectivity index (χ3v) is 4.65. The van der Waals surface area contributed by atoms with Crippen LogP contribution in [0, 0.1) is 0 Å². The largest absolute Gasteiger partial charge is 0.489 e. The lowest BCUT2D eigenvalue weighted by Gasteiger charge is -2.18. The van der Waals surface area contributed by atoms with Crippen LogP contribution in [0.15, 0.2) is 48.5 Å². The topological polar surface area (TPSA) is 50.4 Å². The first kappa shape index (κ1) is 17.6. The summed E-state index contributed by atoms with van der Waals surface area (Å²) in [5.41, 5.74) is 1.93. The first-order valence-electron chi connectivity index (χ1n) is 8.55. The molecule has 1 aliphatic rings. The molecule has 0 aliphatic heterocycles. The van der Waals surface area contributed by atoms with Crippen molar-refractivity contribution < 1.29 is 9.53 Å². The van der Waals surface area contributed by atoms with Gasteiger partial charge in [-0.05, 0) is 56.5 Å². The lowest BCUT2D eigenvalue weighted by molar-refractivity contribution is 0.241. The van der Waals surface area contributed by atoms with Crippen molar-refractivity contribution in [2.45, 2.75) is 38.2 Å². The van der Waals surface area contributed by atoms with Crippen LogP contribution in [0.25, 0.3) is 0 Å². The maximum Gasteiger partial charge on any atom is 0.319 e. The van der Waals surface area contributed by atoms with Crippen molar-refractivity contribution >= 4 is 23.3 Å². The number of hydrogen-bond donors (Lipinski definition) is 2. The molecule has 2 aromatic rings. The molecule has 2 amide bonds. The van der Waals surface area contributed by atoms with E-state index in [9.17, 15) is 4.79 Å². The summed E-state index contributed by atoms with van der Waals surface area (Å²) in [6.07, 6.45) is 2.19. The van der Waals surface area contributed by atoms with Gasteiger partial charge in [0.1, 0.15) is 5.75 Å². The first-order valence-corrected chi connectivity index (χ1v) is 8.93. The van der Waals surface area contributed by atoms with Gasteiger partial charge in [-0.25, -0.2) is 4.79 Å². The minimum absolute atomic E-state index is 0.0376. The first-order chi connectivity index (χ1) is 12.0. The number of ether oxygens (including phenoxy) is 1. The predicted octanol–water partition coefficient (Wildman–Crippen LogP) is 4.98. The highest BCUT2D eigenvalue weighted by molar-refractivity contribution is 6.30. The molecule has 1 fully saturated rings. The van der Waals surface area contributed by atoms with Gasteiger partial charge in [0.05, 0.1) is 11.8 Å². The van der Waals surface area contributed by atoms with E-state index in [2.05, 4.69) is 10.6 Å². The Morgan fingerprint density at radius 2 is 1.84 bits per heavy atom. The average molecular weight is 359 g/mol. The van der Waals surface area contributed by atoms with E-state index in [1.807, 2.05) is 62.4 Å². The Morgan fingerprint density at radius 3 is 2.48 bits per heavy atom. The highest BCUT2D eigenvalue weighted by Gasteiger charge is 2.44. The van der Waals surface area contributed by atoms with Crippen LogP contribution in [0.3, 0.4) is 0 Å². The van der Waals surface area contributed by atoms with Gasteiger partial charge in [0.2, 0.25) is 0 Å². The Labute approximate surface area is 153 Å². The molecule has 3 rings (SSSR count). The number of benzene rings is 2. The van der Waals surface area contributed by atoms with Crippen LogP contribution in [-0.4, -0.2) is 18.7 Å². The summed E-state index contributed by atoms with van der Waals surface area (Å²) in [6, 6.07) is 15.1. The number of hydrogen-bond acceptors (Lipinski definition) is 2. The third kappa shape index (κ3) is 4.45. The molecule has 2 N–H and O–H groups in total. The standard InChI is InChI=1S/C20H23ClN2O2/c1-14(2)25-18-6-4-3-5-17(18)23-19(24)22-13-20(11-12-20)15-7-9-16(21)10-8-15/h3-10,14H,11-13H2,1-2H3,(H2,22,23,24). The summed E-state index contributed by atoms with van der Waals surface area (Å²) >= 11 is 5.96. The fourth-order valence-corrected chi connectivity index (χ4v) is 2.99. The quantitative estimate of drug-likeness (QED) is 0.765. The molecule has 132 valence electrons. The minimum atomic E-state index is -0.222. The summed E-state index contributed by atoms with van der Waals surface area (Å²) in [4.78, 5) is 12.3. The summed E-state index contributed by atoms with van der Waals surface area (Å²) in [5, 5.41) is 6.60. The third-order valence-electron chi connectivity index (χ3n) is 4.40. The van der Waals surface area contributed by atoms with Crippen molar-refractivity contribution in [2.24, 2.45) is 0 Å². The van der Waals surface area contributed by atoms with Gasteiger partial charge in [-0.15, -0.1) is 0 Å². The van der Waals surface area contributed by atoms with Gasteiger partial charge in [0, 0.05) is 17.0 Å². The zero-order chi connectivity index (χ0) is 17.9. The van der Waals surface area contributed by atoms with E-state index in [4.69, 9.17) is 16.3 Å². The zero-order valence-corrected chi connectivity index (χ0v) is 15.3. The number of para-hydroxylation sites is 2. The molecule has 1 saturated carbocycles. The van der Waals surface area contributed by atoms with Crippen molar-refractivity contribution in [2.75, 3.05) is 11.9 Å². The van der Waals surface area contributed by atoms with Gasteiger partial charge in [-0.3, -0.25) is 0 Å². The van der Waals surface area contributed by atoms with Crippen LogP contribution in [0.5, 0.6) is 5.75 Å². The molecule has 0 aromatic heterocycles. The van der Waals surface area contributed by atoms with E-state index < -0.39 is 0 Å². The fraction of sp³-hybridized carbons (Fsp3) is 0.350. The molecule has 4 nitrogen and oxygen atoms in total. The molecule has 0 atom stereocenters. The second-order valence-corrected chi connectivity index (χ2v) is 7.19. The molecule has 0 radical (unpaired) electrons. The predicted molar refractivity (Wildman–Crippen MR) is 102 cm³/mol. The molecular formula is C20H23ClN2O2. The SMILES string of the molecule is CC(C)Oc1ccccc1NC(=O)NCC1(c2ccc(Cl)cc2)CC1. The smallest absolute Gasteiger partial charge is 0.319 e. The molecular weight excluding hydrogens is 336 g/mol. The van der Waals surface area contributed by atoms with E-state index in [1.54, 1.807) is 0 Å². The molecule has 25 heavy (non-hydrogen) atoms. The van der Waals surface area contributed by atoms with Crippen molar-refractivity contribution in [3.63, 3.8) is 0 Å². The minimum Gasteiger partial charge on any atom is -0.489 e. The number of nitrogens with one attached hydrogen (secondary N) is 2. The highest BCUT2D eigenvalue weighted by Crippen LogP contribution is 2.47. The second-order valence-electron chi connectivity index (χ2n) is 6.76. The zero-order valence-electron chi connectivity index (χ0n) is 14.5. The number of rotatable bonds is 6. The molecule has 0 spiro atoms. The lowest BCUT2D eigenvalue weighted by Crippen LogP contribution is -2.35. The van der Waals surface area contributed by atoms with Crippen LogP contribution < -0.4 is 15.4 Å². The van der Waals surface area contributed by atoms with Gasteiger partial charge in [-0.2, -0.15) is 0 Å². The maximum atomic E-state index is 12.3. The molecule has 0 bridgehead atoms. The summed E-state index contributed by atoms with van der Waals surface area (Å²) in [7, 11) is 0. The van der Waals surface area contributed by atoms with Crippen molar-refractivity contribution in [1.82, 2.24) is 5.32 Å². The number of amides is 2. The van der Waals surface area contributed by atoms with Crippen molar-refractivity contribution in [1.29, 1.82) is 0 Å². The van der Waals surface area contributed by atoms with Crippen LogP contribution >= 0.6 is 11.6 Å². The van der Waals surface area contributed by atoms with Crippen LogP contribution in [0.1, 0.15) is 32.3 Å². The summed E-state index contributed by atoms with van der Waals surface area (Å²) < 4.78 is 5.73. The Morgan fingerprint density at radius 1 is 1.16 bits per heavy atom. The molecule has 0 heterocycles. The maximum absolute atomic E-state index is 12.3. The van der Waals surface area contributed by atoms with Gasteiger partial charge in [0.15, 0.2) is 0 Å². The number of carbonyl (C=O) groups excluding carboxylic acids is 1. The number of halogens is 1. The van der Waals surface area contributed by atoms with Crippen molar-refractivity contribution in [3.8, 4) is 5.75 Å². The monoisotopic (exact) mass is 358 g/mol. The molecule has 0 unspecified atom stereocenters. The number of anilines is 1. The average Bonchev–Trinajstić information content (AvgIpc) is 3.36. The van der Waals surface area contributed by atoms with Crippen LogP contribution in [0.2, 0.25) is 5.02 Å². The normalized spacial score (nSPS) is 14.9. The van der Waals surface area contributed by atoms with E-state index in [1.165, 1.54) is 5.56 Å². The highest BCUT2D eigenvalue weighted by atomic mass is 35.5. The number of carbonyl (C=O) groups is 1. The fourth-order valence-electron chi connectivity index (χ4n) is 2.86.